The van der Waals surface area contributed by atoms with Gasteiger partial charge in [0.2, 0.25) is 5.75 Å². The van der Waals surface area contributed by atoms with Crippen LogP contribution < -0.4 is 15.6 Å². The molecule has 13 heteroatoms. The zero-order valence-corrected chi connectivity index (χ0v) is 19.2. The Morgan fingerprint density at radius 2 is 1.63 bits per heavy atom. The summed E-state index contributed by atoms with van der Waals surface area (Å²) in [5.74, 6) is -2.92. The summed E-state index contributed by atoms with van der Waals surface area (Å²) in [5.41, 5.74) is -0.0730. The molecule has 0 atom stereocenters. The fourth-order valence-corrected chi connectivity index (χ4v) is 4.78. The number of hydrogen-bond acceptors (Lipinski definition) is 8. The van der Waals surface area contributed by atoms with Crippen LogP contribution in [0, 0.1) is 0 Å². The number of amides is 2. The lowest BCUT2D eigenvalue weighted by Gasteiger charge is -2.10. The van der Waals surface area contributed by atoms with Crippen LogP contribution in [0.25, 0.3) is 22.5 Å². The SMILES string of the molecule is O=C(Nc1cscc1-c1nc(C(=O)O)c(O)c(=O)[nH]1)NS(=O)(=O)c1ccc(-c2ccccc2)cc1. The van der Waals surface area contributed by atoms with Gasteiger partial charge in [-0.25, -0.2) is 27.7 Å². The Morgan fingerprint density at radius 3 is 2.29 bits per heavy atom. The number of anilines is 1. The number of thiophene rings is 1. The van der Waals surface area contributed by atoms with Gasteiger partial charge in [0, 0.05) is 10.8 Å². The van der Waals surface area contributed by atoms with Gasteiger partial charge in [-0.2, -0.15) is 0 Å². The fourth-order valence-electron chi connectivity index (χ4n) is 3.11. The van der Waals surface area contributed by atoms with E-state index in [1.165, 1.54) is 22.9 Å². The zero-order valence-electron chi connectivity index (χ0n) is 17.6. The molecule has 0 fully saturated rings. The number of sulfonamides is 1. The number of urea groups is 1. The lowest BCUT2D eigenvalue weighted by atomic mass is 10.1. The van der Waals surface area contributed by atoms with Crippen LogP contribution in [0.15, 0.2) is 75.0 Å². The molecule has 0 unspecified atom stereocenters. The summed E-state index contributed by atoms with van der Waals surface area (Å²) < 4.78 is 27.2. The van der Waals surface area contributed by atoms with E-state index in [0.717, 1.165) is 22.5 Å². The van der Waals surface area contributed by atoms with E-state index in [0.29, 0.717) is 0 Å². The van der Waals surface area contributed by atoms with Crippen molar-refractivity contribution in [1.29, 1.82) is 0 Å². The predicted molar refractivity (Wildman–Crippen MR) is 128 cm³/mol. The number of benzene rings is 2. The van der Waals surface area contributed by atoms with Crippen LogP contribution in [0.1, 0.15) is 10.5 Å². The van der Waals surface area contributed by atoms with Gasteiger partial charge in [0.1, 0.15) is 5.82 Å². The lowest BCUT2D eigenvalue weighted by molar-refractivity contribution is 0.0686. The summed E-state index contributed by atoms with van der Waals surface area (Å²) in [7, 11) is -4.21. The number of aromatic hydroxyl groups is 1. The normalized spacial score (nSPS) is 11.1. The largest absolute Gasteiger partial charge is 0.501 e. The number of H-pyrrole nitrogens is 1. The van der Waals surface area contributed by atoms with E-state index in [2.05, 4.69) is 15.3 Å². The Bertz CT molecular complexity index is 1580. The highest BCUT2D eigenvalue weighted by Gasteiger charge is 2.22. The third-order valence-electron chi connectivity index (χ3n) is 4.76. The molecule has 2 aromatic carbocycles. The molecule has 4 aromatic rings. The number of carboxylic acid groups (broad SMARTS) is 1. The van der Waals surface area contributed by atoms with Gasteiger partial charge in [0.05, 0.1) is 16.1 Å². The molecule has 0 aliphatic rings. The minimum Gasteiger partial charge on any atom is -0.501 e. The second-order valence-electron chi connectivity index (χ2n) is 7.07. The number of aromatic amines is 1. The second kappa shape index (κ2) is 9.40. The van der Waals surface area contributed by atoms with Gasteiger partial charge in [-0.3, -0.25) is 4.79 Å². The van der Waals surface area contributed by atoms with Crippen LogP contribution in [0.4, 0.5) is 10.5 Å². The van der Waals surface area contributed by atoms with E-state index < -0.39 is 39.0 Å². The van der Waals surface area contributed by atoms with Crippen molar-refractivity contribution in [1.82, 2.24) is 14.7 Å². The number of aromatic nitrogens is 2. The van der Waals surface area contributed by atoms with Crippen molar-refractivity contribution >= 4 is 39.0 Å². The molecule has 0 aliphatic carbocycles. The molecule has 11 nitrogen and oxygen atoms in total. The number of carboxylic acids is 1. The highest BCUT2D eigenvalue weighted by molar-refractivity contribution is 7.90. The molecule has 4 rings (SSSR count). The molecule has 2 amide bonds. The van der Waals surface area contributed by atoms with Gasteiger partial charge in [-0.1, -0.05) is 42.5 Å². The van der Waals surface area contributed by atoms with Gasteiger partial charge >= 0.3 is 12.0 Å². The molecule has 0 bridgehead atoms. The van der Waals surface area contributed by atoms with E-state index in [1.807, 2.05) is 35.1 Å². The molecular formula is C22H16N4O7S2. The summed E-state index contributed by atoms with van der Waals surface area (Å²) in [6.45, 7) is 0. The molecule has 2 heterocycles. The van der Waals surface area contributed by atoms with Crippen molar-refractivity contribution in [2.45, 2.75) is 4.90 Å². The van der Waals surface area contributed by atoms with Crippen molar-refractivity contribution in [3.63, 3.8) is 0 Å². The maximum atomic E-state index is 12.7. The number of carbonyl (C=O) groups excluding carboxylic acids is 1. The Kier molecular flexibility index (Phi) is 6.36. The smallest absolute Gasteiger partial charge is 0.358 e. The molecule has 0 aliphatic heterocycles. The summed E-state index contributed by atoms with van der Waals surface area (Å²) >= 11 is 1.08. The number of hydrogen-bond donors (Lipinski definition) is 5. The predicted octanol–water partition coefficient (Wildman–Crippen LogP) is 3.08. The first-order chi connectivity index (χ1) is 16.7. The number of nitrogens with zero attached hydrogens (tertiary/aromatic N) is 1. The zero-order chi connectivity index (χ0) is 25.2. The summed E-state index contributed by atoms with van der Waals surface area (Å²) in [4.78, 5) is 41.3. The van der Waals surface area contributed by atoms with Crippen LogP contribution in [-0.2, 0) is 10.0 Å². The Morgan fingerprint density at radius 1 is 0.971 bits per heavy atom. The van der Waals surface area contributed by atoms with E-state index in [1.54, 1.807) is 12.1 Å². The summed E-state index contributed by atoms with van der Waals surface area (Å²) in [5, 5.41) is 23.9. The Balaban J connectivity index is 1.53. The van der Waals surface area contributed by atoms with Gasteiger partial charge in [-0.15, -0.1) is 11.3 Å². The highest BCUT2D eigenvalue weighted by Crippen LogP contribution is 2.30. The number of carbonyl (C=O) groups is 2. The Hall–Kier alpha value is -4.49. The summed E-state index contributed by atoms with van der Waals surface area (Å²) in [6.07, 6.45) is 0. The average molecular weight is 513 g/mol. The van der Waals surface area contributed by atoms with Crippen molar-refractivity contribution in [2.24, 2.45) is 0 Å². The second-order valence-corrected chi connectivity index (χ2v) is 9.49. The molecule has 5 N–H and O–H groups in total. The first-order valence-electron chi connectivity index (χ1n) is 9.78. The van der Waals surface area contributed by atoms with Crippen LogP contribution in [0.5, 0.6) is 5.75 Å². The van der Waals surface area contributed by atoms with Gasteiger partial charge in [0.25, 0.3) is 15.6 Å². The molecular weight excluding hydrogens is 496 g/mol. The number of rotatable bonds is 6. The highest BCUT2D eigenvalue weighted by atomic mass is 32.2. The molecule has 35 heavy (non-hydrogen) atoms. The third-order valence-corrected chi connectivity index (χ3v) is 6.85. The van der Waals surface area contributed by atoms with Crippen molar-refractivity contribution in [3.8, 4) is 28.3 Å². The standard InChI is InChI=1S/C22H16N4O7S2/c27-18-17(21(29)30)24-19(25-20(18)28)15-10-34-11-16(15)23-22(31)26-35(32,33)14-8-6-13(7-9-14)12-4-2-1-3-5-12/h1-11,27H,(H,29,30)(H2,23,26,31)(H,24,25,28). The Labute approximate surface area is 201 Å². The molecule has 2 aromatic heterocycles. The topological polar surface area (TPSA) is 179 Å². The quantitative estimate of drug-likeness (QED) is 0.261. The van der Waals surface area contributed by atoms with Gasteiger partial charge < -0.3 is 20.5 Å². The van der Waals surface area contributed by atoms with Gasteiger partial charge in [-0.05, 0) is 23.3 Å². The summed E-state index contributed by atoms with van der Waals surface area (Å²) in [6, 6.07) is 14.2. The van der Waals surface area contributed by atoms with Crippen LogP contribution in [0.3, 0.4) is 0 Å². The third kappa shape index (κ3) is 5.05. The van der Waals surface area contributed by atoms with Crippen molar-refractivity contribution < 1.29 is 28.2 Å². The van der Waals surface area contributed by atoms with E-state index in [9.17, 15) is 27.9 Å². The van der Waals surface area contributed by atoms with Gasteiger partial charge in [0.15, 0.2) is 5.69 Å². The first-order valence-corrected chi connectivity index (χ1v) is 12.2. The number of nitrogens with one attached hydrogen (secondary N) is 3. The van der Waals surface area contributed by atoms with Crippen LogP contribution >= 0.6 is 11.3 Å². The molecule has 178 valence electrons. The van der Waals surface area contributed by atoms with Crippen LogP contribution in [-0.4, -0.2) is 40.6 Å². The minimum absolute atomic E-state index is 0.0623. The molecule has 0 saturated heterocycles. The molecule has 0 spiro atoms. The maximum Gasteiger partial charge on any atom is 0.358 e. The fraction of sp³-hybridized carbons (Fsp3) is 0. The maximum absolute atomic E-state index is 12.7. The first kappa shape index (κ1) is 23.7. The monoisotopic (exact) mass is 512 g/mol. The lowest BCUT2D eigenvalue weighted by Crippen LogP contribution is -2.34. The molecule has 0 radical (unpaired) electrons. The van der Waals surface area contributed by atoms with E-state index in [-0.39, 0.29) is 22.0 Å². The van der Waals surface area contributed by atoms with E-state index >= 15 is 0 Å². The minimum atomic E-state index is -4.21. The molecule has 0 saturated carbocycles. The van der Waals surface area contributed by atoms with Crippen LogP contribution in [0.2, 0.25) is 0 Å². The van der Waals surface area contributed by atoms with Crippen molar-refractivity contribution in [3.05, 3.63) is 81.4 Å². The van der Waals surface area contributed by atoms with Crippen molar-refractivity contribution in [2.75, 3.05) is 5.32 Å². The number of aromatic carboxylic acids is 1. The average Bonchev–Trinajstić information content (AvgIpc) is 3.28. The van der Waals surface area contributed by atoms with E-state index in [4.69, 9.17) is 5.11 Å².